The van der Waals surface area contributed by atoms with Crippen molar-refractivity contribution in [3.8, 4) is 12.3 Å². The SMILES string of the molecule is [C-]#[N+]CC#C. The van der Waals surface area contributed by atoms with E-state index < -0.39 is 0 Å². The summed E-state index contributed by atoms with van der Waals surface area (Å²) in [5, 5.41) is 0. The summed E-state index contributed by atoms with van der Waals surface area (Å²) in [5.74, 6) is 2.16. The third-order valence-corrected chi connectivity index (χ3v) is 0.170. The molecule has 0 heterocycles. The van der Waals surface area contributed by atoms with Gasteiger partial charge in [0.25, 0.3) is 6.54 Å². The molecule has 24 valence electrons. The Morgan fingerprint density at radius 1 is 2.00 bits per heavy atom. The van der Waals surface area contributed by atoms with Crippen molar-refractivity contribution in [2.24, 2.45) is 0 Å². The van der Waals surface area contributed by atoms with E-state index in [0.29, 0.717) is 0 Å². The second-order valence-corrected chi connectivity index (χ2v) is 0.520. The molecule has 0 rings (SSSR count). The monoisotopic (exact) mass is 65.0 g/mol. The minimum atomic E-state index is 0.208. The van der Waals surface area contributed by atoms with Gasteiger partial charge in [-0.05, 0) is 5.92 Å². The van der Waals surface area contributed by atoms with E-state index in [1.54, 1.807) is 0 Å². The third-order valence-electron chi connectivity index (χ3n) is 0.170. The molecule has 1 nitrogen and oxygen atoms in total. The summed E-state index contributed by atoms with van der Waals surface area (Å²) < 4.78 is 0. The van der Waals surface area contributed by atoms with Crippen LogP contribution in [0.15, 0.2) is 0 Å². The van der Waals surface area contributed by atoms with Gasteiger partial charge in [-0.1, -0.05) is 0 Å². The van der Waals surface area contributed by atoms with Gasteiger partial charge in [-0.15, -0.1) is 6.42 Å². The summed E-state index contributed by atoms with van der Waals surface area (Å²) in [4.78, 5) is 2.87. The van der Waals surface area contributed by atoms with E-state index in [0.717, 1.165) is 0 Å². The van der Waals surface area contributed by atoms with E-state index in [4.69, 9.17) is 6.57 Å². The average Bonchev–Trinajstić information content (AvgIpc) is 1.41. The molecular formula is C4H3N. The second kappa shape index (κ2) is 3.05. The molecule has 0 radical (unpaired) electrons. The first-order valence-electron chi connectivity index (χ1n) is 1.18. The van der Waals surface area contributed by atoms with Crippen molar-refractivity contribution in [2.75, 3.05) is 6.54 Å². The van der Waals surface area contributed by atoms with Gasteiger partial charge < -0.3 is 4.85 Å². The van der Waals surface area contributed by atoms with Crippen LogP contribution < -0.4 is 0 Å². The highest BCUT2D eigenvalue weighted by Crippen LogP contribution is 1.54. The van der Waals surface area contributed by atoms with Crippen LogP contribution in [0.4, 0.5) is 0 Å². The number of terminal acetylenes is 1. The van der Waals surface area contributed by atoms with Crippen LogP contribution >= 0.6 is 0 Å². The van der Waals surface area contributed by atoms with E-state index in [1.165, 1.54) is 0 Å². The van der Waals surface area contributed by atoms with Crippen molar-refractivity contribution in [3.05, 3.63) is 11.4 Å². The van der Waals surface area contributed by atoms with Gasteiger partial charge in [0.15, 0.2) is 0 Å². The molecule has 1 heteroatoms. The Kier molecular flexibility index (Phi) is 2.47. The van der Waals surface area contributed by atoms with Crippen LogP contribution in [0.2, 0.25) is 0 Å². The van der Waals surface area contributed by atoms with Gasteiger partial charge in [0.2, 0.25) is 0 Å². The van der Waals surface area contributed by atoms with Gasteiger partial charge in [0, 0.05) is 0 Å². The van der Waals surface area contributed by atoms with E-state index in [-0.39, 0.29) is 6.54 Å². The van der Waals surface area contributed by atoms with Crippen LogP contribution in [-0.2, 0) is 0 Å². The van der Waals surface area contributed by atoms with Crippen molar-refractivity contribution in [1.29, 1.82) is 0 Å². The topological polar surface area (TPSA) is 4.36 Å². The molecule has 0 N–H and O–H groups in total. The van der Waals surface area contributed by atoms with Crippen molar-refractivity contribution in [2.45, 2.75) is 0 Å². The van der Waals surface area contributed by atoms with Crippen LogP contribution in [-0.4, -0.2) is 6.54 Å². The van der Waals surface area contributed by atoms with Gasteiger partial charge in [0.05, 0.1) is 0 Å². The third kappa shape index (κ3) is 3.05. The van der Waals surface area contributed by atoms with Gasteiger partial charge in [-0.25, -0.2) is 6.57 Å². The fourth-order valence-corrected chi connectivity index (χ4v) is 0.0456. The van der Waals surface area contributed by atoms with Crippen molar-refractivity contribution in [3.63, 3.8) is 0 Å². The molecule has 0 aliphatic rings. The molecule has 0 aromatic carbocycles. The zero-order valence-corrected chi connectivity index (χ0v) is 2.73. The zero-order chi connectivity index (χ0) is 4.12. The van der Waals surface area contributed by atoms with Crippen LogP contribution in [0.1, 0.15) is 0 Å². The zero-order valence-electron chi connectivity index (χ0n) is 2.73. The van der Waals surface area contributed by atoms with Crippen molar-refractivity contribution < 1.29 is 0 Å². The largest absolute Gasteiger partial charge is 0.303 e. The second-order valence-electron chi connectivity index (χ2n) is 0.520. The smallest absolute Gasteiger partial charge is 0.274 e. The quantitative estimate of drug-likeness (QED) is 0.286. The maximum Gasteiger partial charge on any atom is 0.274 e. The Morgan fingerprint density at radius 3 is 2.60 bits per heavy atom. The Balaban J connectivity index is 2.86. The number of nitrogens with zero attached hydrogens (tertiary/aromatic N) is 1. The minimum Gasteiger partial charge on any atom is -0.303 e. The molecule has 0 spiro atoms. The molecular weight excluding hydrogens is 62.1 g/mol. The van der Waals surface area contributed by atoms with Crippen LogP contribution in [0, 0.1) is 18.9 Å². The molecule has 0 unspecified atom stereocenters. The number of rotatable bonds is 0. The highest BCUT2D eigenvalue weighted by molar-refractivity contribution is 4.92. The lowest BCUT2D eigenvalue weighted by Crippen LogP contribution is -1.56. The van der Waals surface area contributed by atoms with Crippen molar-refractivity contribution in [1.82, 2.24) is 0 Å². The Hall–Kier alpha value is -0.950. The summed E-state index contributed by atoms with van der Waals surface area (Å²) in [5.41, 5.74) is 0. The van der Waals surface area contributed by atoms with E-state index in [1.807, 2.05) is 0 Å². The van der Waals surface area contributed by atoms with Crippen molar-refractivity contribution >= 4 is 0 Å². The van der Waals surface area contributed by atoms with Gasteiger partial charge >= 0.3 is 0 Å². The molecule has 0 amide bonds. The molecule has 0 aliphatic heterocycles. The van der Waals surface area contributed by atoms with Gasteiger partial charge in [0.1, 0.15) is 0 Å². The van der Waals surface area contributed by atoms with E-state index >= 15 is 0 Å². The van der Waals surface area contributed by atoms with Crippen LogP contribution in [0.3, 0.4) is 0 Å². The number of hydrogen-bond donors (Lipinski definition) is 0. The molecule has 0 fully saturated rings. The van der Waals surface area contributed by atoms with E-state index in [2.05, 4.69) is 17.2 Å². The number of hydrogen-bond acceptors (Lipinski definition) is 0. The first-order valence-corrected chi connectivity index (χ1v) is 1.18. The lowest BCUT2D eigenvalue weighted by atomic mass is 10.7. The predicted octanol–water partition coefficient (Wildman–Crippen LogP) is 0.539. The Morgan fingerprint density at radius 2 is 2.60 bits per heavy atom. The minimum absolute atomic E-state index is 0.208. The molecule has 5 heavy (non-hydrogen) atoms. The summed E-state index contributed by atoms with van der Waals surface area (Å²) in [6.45, 7) is 6.29. The molecule has 0 aliphatic carbocycles. The fourth-order valence-electron chi connectivity index (χ4n) is 0.0456. The van der Waals surface area contributed by atoms with Gasteiger partial charge in [-0.2, -0.15) is 0 Å². The average molecular weight is 65.1 g/mol. The maximum absolute atomic E-state index is 6.09. The molecule has 0 atom stereocenters. The van der Waals surface area contributed by atoms with Crippen LogP contribution in [0.5, 0.6) is 0 Å². The Bertz CT molecular complexity index is 68.8. The highest BCUT2D eigenvalue weighted by atomic mass is 14.6. The summed E-state index contributed by atoms with van der Waals surface area (Å²) in [7, 11) is 0. The lowest BCUT2D eigenvalue weighted by molar-refractivity contribution is 1.63. The van der Waals surface area contributed by atoms with E-state index in [9.17, 15) is 0 Å². The summed E-state index contributed by atoms with van der Waals surface area (Å²) in [6, 6.07) is 0. The first-order chi connectivity index (χ1) is 2.41. The standard InChI is InChI=1S/C4H3N/c1-3-4-5-2/h1H,4H2. The molecule has 0 saturated heterocycles. The van der Waals surface area contributed by atoms with Gasteiger partial charge in [-0.3, -0.25) is 0 Å². The summed E-state index contributed by atoms with van der Waals surface area (Å²) >= 11 is 0. The maximum atomic E-state index is 6.09. The summed E-state index contributed by atoms with van der Waals surface area (Å²) in [6.07, 6.45) is 4.68. The first kappa shape index (κ1) is 4.05. The normalized spacial score (nSPS) is 4.40. The Labute approximate surface area is 31.4 Å². The molecule has 0 bridgehead atoms. The van der Waals surface area contributed by atoms with Crippen LogP contribution in [0.25, 0.3) is 4.85 Å². The highest BCUT2D eigenvalue weighted by Gasteiger charge is 1.58. The molecule has 0 saturated carbocycles. The fraction of sp³-hybridized carbons (Fsp3) is 0.250. The predicted molar refractivity (Wildman–Crippen MR) is 20.3 cm³/mol. The lowest BCUT2D eigenvalue weighted by Gasteiger charge is -1.53. The molecule has 0 aromatic rings. The molecule has 0 aromatic heterocycles.